The van der Waals surface area contributed by atoms with E-state index in [-0.39, 0.29) is 38.2 Å². The van der Waals surface area contributed by atoms with Gasteiger partial charge in [-0.15, -0.1) is 11.3 Å². The molecule has 0 unspecified atom stereocenters. The van der Waals surface area contributed by atoms with Crippen LogP contribution in [0.3, 0.4) is 0 Å². The normalized spacial score (nSPS) is 16.5. The third-order valence-corrected chi connectivity index (χ3v) is 9.38. The molecule has 2 aliphatic heterocycles. The summed E-state index contributed by atoms with van der Waals surface area (Å²) in [5.41, 5.74) is 0.429. The van der Waals surface area contributed by atoms with Crippen LogP contribution in [0.25, 0.3) is 6.08 Å². The number of carbonyl (C=O) groups is 2. The second kappa shape index (κ2) is 9.16. The van der Waals surface area contributed by atoms with Crippen LogP contribution >= 0.6 is 11.3 Å². The summed E-state index contributed by atoms with van der Waals surface area (Å²) in [6.07, 6.45) is 6.05. The van der Waals surface area contributed by atoms with Crippen LogP contribution < -0.4 is 14.8 Å². The smallest absolute Gasteiger partial charge is 0.271 e. The molecule has 0 bridgehead atoms. The zero-order valence-electron chi connectivity index (χ0n) is 17.8. The van der Waals surface area contributed by atoms with Gasteiger partial charge in [-0.25, -0.2) is 16.8 Å². The van der Waals surface area contributed by atoms with Crippen LogP contribution in [0.2, 0.25) is 0 Å². The SMILES string of the molecule is COc1c(/C=C/C(=O)NCC2=NCC=C2)c(NS(=O)(=O)c2cccs2)cc2c1C(=O)CS2(=O)=O. The van der Waals surface area contributed by atoms with E-state index in [9.17, 15) is 26.4 Å². The Bertz CT molecular complexity index is 1470. The first-order chi connectivity index (χ1) is 16.1. The first kappa shape index (κ1) is 23.9. The molecule has 0 spiro atoms. The van der Waals surface area contributed by atoms with Gasteiger partial charge in [0, 0.05) is 11.6 Å². The number of carbonyl (C=O) groups excluding carboxylic acids is 2. The van der Waals surface area contributed by atoms with Gasteiger partial charge in [-0.1, -0.05) is 12.1 Å². The van der Waals surface area contributed by atoms with E-state index in [1.165, 1.54) is 19.3 Å². The molecule has 2 N–H and O–H groups in total. The fourth-order valence-electron chi connectivity index (χ4n) is 3.48. The molecule has 1 amide bonds. The minimum Gasteiger partial charge on any atom is -0.495 e. The molecule has 0 saturated carbocycles. The highest BCUT2D eigenvalue weighted by molar-refractivity contribution is 7.94. The van der Waals surface area contributed by atoms with E-state index in [4.69, 9.17) is 4.74 Å². The average Bonchev–Trinajstić information content (AvgIpc) is 3.52. The summed E-state index contributed by atoms with van der Waals surface area (Å²) in [5.74, 6) is -2.07. The number of sulfone groups is 1. The number of fused-ring (bicyclic) bond motifs is 1. The molecular formula is C21H19N3O7S3. The Morgan fingerprint density at radius 1 is 1.35 bits per heavy atom. The van der Waals surface area contributed by atoms with Crippen LogP contribution in [-0.2, 0) is 24.7 Å². The predicted octanol–water partition coefficient (Wildman–Crippen LogP) is 1.67. The summed E-state index contributed by atoms with van der Waals surface area (Å²) in [6, 6.07) is 4.03. The molecule has 1 aromatic heterocycles. The molecule has 0 fully saturated rings. The Kier molecular flexibility index (Phi) is 6.43. The monoisotopic (exact) mass is 521 g/mol. The minimum absolute atomic E-state index is 0.00367. The van der Waals surface area contributed by atoms with Crippen molar-refractivity contribution >= 4 is 60.4 Å². The maximum absolute atomic E-state index is 12.8. The van der Waals surface area contributed by atoms with Crippen LogP contribution in [0.1, 0.15) is 15.9 Å². The number of nitrogens with zero attached hydrogens (tertiary/aromatic N) is 1. The molecule has 0 aliphatic carbocycles. The summed E-state index contributed by atoms with van der Waals surface area (Å²) in [6.45, 7) is 0.758. The van der Waals surface area contributed by atoms with E-state index in [0.29, 0.717) is 12.3 Å². The maximum atomic E-state index is 12.8. The number of amides is 1. The quantitative estimate of drug-likeness (QED) is 0.502. The van der Waals surface area contributed by atoms with Crippen LogP contribution in [0.5, 0.6) is 5.75 Å². The lowest BCUT2D eigenvalue weighted by Gasteiger charge is -2.16. The van der Waals surface area contributed by atoms with Crippen LogP contribution in [0, 0.1) is 0 Å². The van der Waals surface area contributed by atoms with Gasteiger partial charge in [-0.3, -0.25) is 19.3 Å². The van der Waals surface area contributed by atoms with Gasteiger partial charge in [0.05, 0.1) is 42.1 Å². The van der Waals surface area contributed by atoms with Crippen LogP contribution in [-0.4, -0.2) is 60.2 Å². The second-order valence-electron chi connectivity index (χ2n) is 7.25. The molecule has 1 aromatic carbocycles. The standard InChI is InChI=1S/C21H19N3O7S3/c1-31-21-14(6-7-18(26)23-11-13-4-2-8-22-13)15(24-34(29,30)19-5-3-9-32-19)10-17-20(21)16(25)12-33(17,27)28/h2-7,9-10,24H,8,11-12H2,1H3,(H,23,26)/b7-6+. The molecule has 2 aromatic rings. The number of ketones is 1. The number of methoxy groups -OCH3 is 1. The number of benzene rings is 1. The summed E-state index contributed by atoms with van der Waals surface area (Å²) in [7, 11) is -6.81. The maximum Gasteiger partial charge on any atom is 0.271 e. The number of anilines is 1. The van der Waals surface area contributed by atoms with Gasteiger partial charge in [0.2, 0.25) is 5.91 Å². The van der Waals surface area contributed by atoms with Crippen molar-refractivity contribution < 1.29 is 31.2 Å². The number of sulfonamides is 1. The van der Waals surface area contributed by atoms with Crippen molar-refractivity contribution in [2.75, 3.05) is 30.7 Å². The number of hydrogen-bond acceptors (Lipinski definition) is 9. The van der Waals surface area contributed by atoms with E-state index in [1.54, 1.807) is 17.5 Å². The van der Waals surface area contributed by atoms with Crippen molar-refractivity contribution in [3.05, 3.63) is 52.9 Å². The van der Waals surface area contributed by atoms with Gasteiger partial charge in [0.1, 0.15) is 15.7 Å². The molecule has 13 heteroatoms. The van der Waals surface area contributed by atoms with Crippen molar-refractivity contribution in [3.8, 4) is 5.75 Å². The molecule has 0 saturated heterocycles. The van der Waals surface area contributed by atoms with Gasteiger partial charge >= 0.3 is 0 Å². The van der Waals surface area contributed by atoms with Crippen molar-refractivity contribution in [3.63, 3.8) is 0 Å². The fraction of sp³-hybridized carbons (Fsp3) is 0.190. The first-order valence-corrected chi connectivity index (χ1v) is 13.9. The largest absolute Gasteiger partial charge is 0.495 e. The molecule has 34 heavy (non-hydrogen) atoms. The molecule has 178 valence electrons. The fourth-order valence-corrected chi connectivity index (χ4v) is 7.00. The molecule has 0 atom stereocenters. The van der Waals surface area contributed by atoms with E-state index < -0.39 is 37.3 Å². The summed E-state index contributed by atoms with van der Waals surface area (Å²) >= 11 is 0.974. The van der Waals surface area contributed by atoms with E-state index in [1.807, 2.05) is 6.08 Å². The molecule has 2 aliphatic rings. The topological polar surface area (TPSA) is 148 Å². The number of rotatable bonds is 8. The number of nitrogens with one attached hydrogen (secondary N) is 2. The van der Waals surface area contributed by atoms with E-state index >= 15 is 0 Å². The van der Waals surface area contributed by atoms with Crippen molar-refractivity contribution in [2.24, 2.45) is 4.99 Å². The third-order valence-electron chi connectivity index (χ3n) is 4.98. The van der Waals surface area contributed by atoms with Crippen LogP contribution in [0.4, 0.5) is 5.69 Å². The van der Waals surface area contributed by atoms with E-state index in [0.717, 1.165) is 23.5 Å². The minimum atomic E-state index is -4.07. The summed E-state index contributed by atoms with van der Waals surface area (Å²) < 4.78 is 58.4. The Morgan fingerprint density at radius 3 is 2.79 bits per heavy atom. The Morgan fingerprint density at radius 2 is 2.15 bits per heavy atom. The number of thiophene rings is 1. The highest BCUT2D eigenvalue weighted by atomic mass is 32.2. The van der Waals surface area contributed by atoms with Gasteiger partial charge in [-0.05, 0) is 29.7 Å². The van der Waals surface area contributed by atoms with Gasteiger partial charge in [-0.2, -0.15) is 0 Å². The van der Waals surface area contributed by atoms with Crippen molar-refractivity contribution in [1.29, 1.82) is 0 Å². The summed E-state index contributed by atoms with van der Waals surface area (Å²) in [4.78, 5) is 28.6. The average molecular weight is 522 g/mol. The summed E-state index contributed by atoms with van der Waals surface area (Å²) in [5, 5.41) is 4.23. The van der Waals surface area contributed by atoms with Crippen molar-refractivity contribution in [1.82, 2.24) is 5.32 Å². The van der Waals surface area contributed by atoms with Gasteiger partial charge < -0.3 is 10.1 Å². The number of hydrogen-bond donors (Lipinski definition) is 2. The zero-order valence-corrected chi connectivity index (χ0v) is 20.2. The lowest BCUT2D eigenvalue weighted by atomic mass is 10.0. The second-order valence-corrected chi connectivity index (χ2v) is 12.1. The highest BCUT2D eigenvalue weighted by Crippen LogP contribution is 2.41. The number of aliphatic imine (C=N–C) groups is 1. The molecule has 10 nitrogen and oxygen atoms in total. The lowest BCUT2D eigenvalue weighted by Crippen LogP contribution is -2.26. The Hall–Kier alpha value is -3.29. The predicted molar refractivity (Wildman–Crippen MR) is 128 cm³/mol. The number of Topliss-reactive ketones (excluding diaryl/α,β-unsaturated/α-hetero) is 1. The van der Waals surface area contributed by atoms with Gasteiger partial charge in [0.25, 0.3) is 10.0 Å². The van der Waals surface area contributed by atoms with Gasteiger partial charge in [0.15, 0.2) is 15.6 Å². The third kappa shape index (κ3) is 4.67. The Labute approximate surface area is 200 Å². The zero-order chi connectivity index (χ0) is 24.5. The Balaban J connectivity index is 1.77. The molecule has 3 heterocycles. The molecule has 4 rings (SSSR count). The van der Waals surface area contributed by atoms with Crippen LogP contribution in [0.15, 0.2) is 55.9 Å². The lowest BCUT2D eigenvalue weighted by molar-refractivity contribution is -0.116. The van der Waals surface area contributed by atoms with E-state index in [2.05, 4.69) is 15.0 Å². The number of ether oxygens (including phenoxy) is 1. The molecule has 0 radical (unpaired) electrons. The first-order valence-electron chi connectivity index (χ1n) is 9.85. The highest BCUT2D eigenvalue weighted by Gasteiger charge is 2.38. The van der Waals surface area contributed by atoms with Crippen molar-refractivity contribution in [2.45, 2.75) is 9.10 Å². The molecular weight excluding hydrogens is 502 g/mol.